The Balaban J connectivity index is 1.50. The number of imidazole rings is 1. The van der Waals surface area contributed by atoms with E-state index in [0.29, 0.717) is 23.3 Å². The Labute approximate surface area is 166 Å². The highest BCUT2D eigenvalue weighted by atomic mass is 79.9. The van der Waals surface area contributed by atoms with Gasteiger partial charge in [0.1, 0.15) is 11.6 Å². The molecule has 0 aliphatic carbocycles. The summed E-state index contributed by atoms with van der Waals surface area (Å²) in [6.45, 7) is 0.960. The van der Waals surface area contributed by atoms with Gasteiger partial charge in [-0.2, -0.15) is 4.31 Å². The minimum absolute atomic E-state index is 0.242. The molecule has 0 unspecified atom stereocenters. The number of methoxy groups -OCH3 is 1. The largest absolute Gasteiger partial charge is 0.496 e. The van der Waals surface area contributed by atoms with E-state index in [1.54, 1.807) is 29.6 Å². The number of para-hydroxylation sites is 2. The normalized spacial score (nSPS) is 16.7. The molecule has 2 heterocycles. The molecule has 142 valence electrons. The van der Waals surface area contributed by atoms with E-state index in [1.165, 1.54) is 0 Å². The molecule has 2 aromatic carbocycles. The number of aromatic nitrogens is 2. The second-order valence-corrected chi connectivity index (χ2v) is 9.41. The lowest BCUT2D eigenvalue weighted by Crippen LogP contribution is -2.38. The number of nitrogens with one attached hydrogen (secondary N) is 1. The van der Waals surface area contributed by atoms with Gasteiger partial charge in [-0.25, -0.2) is 13.4 Å². The molecule has 27 heavy (non-hydrogen) atoms. The van der Waals surface area contributed by atoms with Crippen molar-refractivity contribution in [3.63, 3.8) is 0 Å². The zero-order valence-electron chi connectivity index (χ0n) is 14.9. The van der Waals surface area contributed by atoms with Crippen LogP contribution in [-0.4, -0.2) is 42.9 Å². The van der Waals surface area contributed by atoms with Crippen LogP contribution in [0.25, 0.3) is 11.0 Å². The van der Waals surface area contributed by atoms with Crippen molar-refractivity contribution in [2.24, 2.45) is 0 Å². The van der Waals surface area contributed by atoms with E-state index >= 15 is 0 Å². The second kappa shape index (κ2) is 7.26. The molecule has 1 aliphatic rings. The number of H-pyrrole nitrogens is 1. The number of benzene rings is 2. The monoisotopic (exact) mass is 449 g/mol. The molecular weight excluding hydrogens is 430 g/mol. The minimum Gasteiger partial charge on any atom is -0.496 e. The van der Waals surface area contributed by atoms with Crippen LogP contribution in [0, 0.1) is 0 Å². The first kappa shape index (κ1) is 18.5. The molecule has 0 saturated carbocycles. The molecule has 0 radical (unpaired) electrons. The van der Waals surface area contributed by atoms with Crippen LogP contribution in [0.1, 0.15) is 24.6 Å². The zero-order valence-corrected chi connectivity index (χ0v) is 17.3. The summed E-state index contributed by atoms with van der Waals surface area (Å²) in [5.41, 5.74) is 1.97. The summed E-state index contributed by atoms with van der Waals surface area (Å²) >= 11 is 3.36. The first-order valence-corrected chi connectivity index (χ1v) is 11.0. The van der Waals surface area contributed by atoms with Gasteiger partial charge in [-0.1, -0.05) is 12.1 Å². The van der Waals surface area contributed by atoms with Gasteiger partial charge < -0.3 is 9.72 Å². The first-order chi connectivity index (χ1) is 13.0. The molecule has 8 heteroatoms. The fourth-order valence-electron chi connectivity index (χ4n) is 3.49. The predicted octanol–water partition coefficient (Wildman–Crippen LogP) is 3.90. The summed E-state index contributed by atoms with van der Waals surface area (Å²) in [6, 6.07) is 12.8. The topological polar surface area (TPSA) is 75.3 Å². The van der Waals surface area contributed by atoms with Crippen LogP contribution in [0.5, 0.6) is 5.75 Å². The number of sulfonamides is 1. The maximum atomic E-state index is 13.0. The number of nitrogens with zero attached hydrogens (tertiary/aromatic N) is 2. The maximum absolute atomic E-state index is 13.0. The molecule has 1 saturated heterocycles. The van der Waals surface area contributed by atoms with Gasteiger partial charge in [0.15, 0.2) is 0 Å². The average Bonchev–Trinajstić information content (AvgIpc) is 3.12. The summed E-state index contributed by atoms with van der Waals surface area (Å²) in [7, 11) is -1.97. The molecule has 1 N–H and O–H groups in total. The number of fused-ring (bicyclic) bond motifs is 1. The van der Waals surface area contributed by atoms with Gasteiger partial charge >= 0.3 is 0 Å². The van der Waals surface area contributed by atoms with E-state index in [2.05, 4.69) is 25.9 Å². The standard InChI is InChI=1S/C19H20BrN3O3S/c1-26-18-7-6-14(12-15(18)20)27(24,25)23-10-8-13(9-11-23)19-21-16-4-2-3-5-17(16)22-19/h2-7,12-13H,8-11H2,1H3,(H,21,22). The highest BCUT2D eigenvalue weighted by Gasteiger charge is 2.31. The highest BCUT2D eigenvalue weighted by molar-refractivity contribution is 9.10. The molecule has 1 fully saturated rings. The predicted molar refractivity (Wildman–Crippen MR) is 108 cm³/mol. The second-order valence-electron chi connectivity index (χ2n) is 6.61. The summed E-state index contributed by atoms with van der Waals surface area (Å²) in [6.07, 6.45) is 1.49. The van der Waals surface area contributed by atoms with E-state index in [-0.39, 0.29) is 10.8 Å². The molecule has 0 bridgehead atoms. The molecule has 4 rings (SSSR count). The quantitative estimate of drug-likeness (QED) is 0.654. The Bertz CT molecular complexity index is 1040. The van der Waals surface area contributed by atoms with Gasteiger partial charge in [-0.3, -0.25) is 0 Å². The van der Waals surface area contributed by atoms with Crippen molar-refractivity contribution in [1.29, 1.82) is 0 Å². The van der Waals surface area contributed by atoms with Crippen molar-refractivity contribution in [3.8, 4) is 5.75 Å². The van der Waals surface area contributed by atoms with E-state index in [9.17, 15) is 8.42 Å². The van der Waals surface area contributed by atoms with Gasteiger partial charge in [-0.15, -0.1) is 0 Å². The summed E-state index contributed by atoms with van der Waals surface area (Å²) in [5, 5.41) is 0. The lowest BCUT2D eigenvalue weighted by atomic mass is 9.97. The zero-order chi connectivity index (χ0) is 19.0. The Morgan fingerprint density at radius 1 is 1.19 bits per heavy atom. The third-order valence-electron chi connectivity index (χ3n) is 5.01. The van der Waals surface area contributed by atoms with Gasteiger partial charge in [0.25, 0.3) is 0 Å². The first-order valence-electron chi connectivity index (χ1n) is 8.77. The van der Waals surface area contributed by atoms with Crippen LogP contribution >= 0.6 is 15.9 Å². The number of ether oxygens (including phenoxy) is 1. The van der Waals surface area contributed by atoms with Gasteiger partial charge in [0, 0.05) is 19.0 Å². The lowest BCUT2D eigenvalue weighted by molar-refractivity contribution is 0.314. The summed E-state index contributed by atoms with van der Waals surface area (Å²) in [5.74, 6) is 1.80. The van der Waals surface area contributed by atoms with Crippen LogP contribution in [0.3, 0.4) is 0 Å². The van der Waals surface area contributed by atoms with Crippen molar-refractivity contribution < 1.29 is 13.2 Å². The minimum atomic E-state index is -3.52. The van der Waals surface area contributed by atoms with Crippen LogP contribution in [0.4, 0.5) is 0 Å². The molecule has 0 spiro atoms. The smallest absolute Gasteiger partial charge is 0.243 e. The number of piperidine rings is 1. The highest BCUT2D eigenvalue weighted by Crippen LogP contribution is 2.32. The fraction of sp³-hybridized carbons (Fsp3) is 0.316. The number of rotatable bonds is 4. The Kier molecular flexibility index (Phi) is 4.96. The Morgan fingerprint density at radius 3 is 2.59 bits per heavy atom. The average molecular weight is 450 g/mol. The summed E-state index contributed by atoms with van der Waals surface area (Å²) in [4.78, 5) is 8.32. The third kappa shape index (κ3) is 3.49. The molecule has 1 aliphatic heterocycles. The number of halogens is 1. The number of hydrogen-bond donors (Lipinski definition) is 1. The van der Waals surface area contributed by atoms with Crippen molar-refractivity contribution in [3.05, 3.63) is 52.8 Å². The van der Waals surface area contributed by atoms with E-state index < -0.39 is 10.0 Å². The van der Waals surface area contributed by atoms with Gasteiger partial charge in [0.05, 0.1) is 27.5 Å². The number of hydrogen-bond acceptors (Lipinski definition) is 4. The van der Waals surface area contributed by atoms with Crippen LogP contribution in [-0.2, 0) is 10.0 Å². The molecule has 0 atom stereocenters. The molecular formula is C19H20BrN3O3S. The van der Waals surface area contributed by atoms with Crippen molar-refractivity contribution in [2.75, 3.05) is 20.2 Å². The summed E-state index contributed by atoms with van der Waals surface area (Å²) < 4.78 is 33.3. The SMILES string of the molecule is COc1ccc(S(=O)(=O)N2CCC(c3nc4ccccc4[nH]3)CC2)cc1Br. The Hall–Kier alpha value is -1.90. The van der Waals surface area contributed by atoms with Crippen LogP contribution < -0.4 is 4.74 Å². The van der Waals surface area contributed by atoms with Crippen molar-refractivity contribution in [2.45, 2.75) is 23.7 Å². The van der Waals surface area contributed by atoms with Crippen LogP contribution in [0.15, 0.2) is 51.8 Å². The molecule has 0 amide bonds. The molecule has 6 nitrogen and oxygen atoms in total. The van der Waals surface area contributed by atoms with E-state index in [1.807, 2.05) is 24.3 Å². The van der Waals surface area contributed by atoms with Crippen molar-refractivity contribution in [1.82, 2.24) is 14.3 Å². The number of aromatic amines is 1. The fourth-order valence-corrected chi connectivity index (χ4v) is 5.68. The Morgan fingerprint density at radius 2 is 1.93 bits per heavy atom. The third-order valence-corrected chi connectivity index (χ3v) is 7.52. The van der Waals surface area contributed by atoms with Crippen LogP contribution in [0.2, 0.25) is 0 Å². The molecule has 1 aromatic heterocycles. The van der Waals surface area contributed by atoms with Crippen molar-refractivity contribution >= 4 is 37.0 Å². The maximum Gasteiger partial charge on any atom is 0.243 e. The lowest BCUT2D eigenvalue weighted by Gasteiger charge is -2.30. The van der Waals surface area contributed by atoms with Gasteiger partial charge in [0.2, 0.25) is 10.0 Å². The van der Waals surface area contributed by atoms with Gasteiger partial charge in [-0.05, 0) is 59.1 Å². The van der Waals surface area contributed by atoms with E-state index in [4.69, 9.17) is 4.74 Å². The van der Waals surface area contributed by atoms with E-state index in [0.717, 1.165) is 29.7 Å². The molecule has 3 aromatic rings.